The van der Waals surface area contributed by atoms with Crippen LogP contribution in [-0.4, -0.2) is 30.0 Å². The standard InChI is InChI=1S/C12H13N7/c1-8-11(7-18(2)15-8)19-12(14-16-17-19)9-5-3-4-6-10(9)13/h3-7H,13H2,1-2H3. The number of benzene rings is 1. The van der Waals surface area contributed by atoms with Gasteiger partial charge in [0.2, 0.25) is 0 Å². The van der Waals surface area contributed by atoms with Gasteiger partial charge >= 0.3 is 0 Å². The third kappa shape index (κ3) is 1.85. The summed E-state index contributed by atoms with van der Waals surface area (Å²) >= 11 is 0. The SMILES string of the molecule is Cc1nn(C)cc1-n1nnnc1-c1ccccc1N. The Bertz CT molecular complexity index is 725. The van der Waals surface area contributed by atoms with Crippen molar-refractivity contribution in [2.45, 2.75) is 6.92 Å². The highest BCUT2D eigenvalue weighted by molar-refractivity contribution is 5.72. The third-order valence-corrected chi connectivity index (χ3v) is 2.89. The highest BCUT2D eigenvalue weighted by atomic mass is 15.5. The van der Waals surface area contributed by atoms with Gasteiger partial charge < -0.3 is 5.73 Å². The number of hydrogen-bond donors (Lipinski definition) is 1. The van der Waals surface area contributed by atoms with E-state index in [0.717, 1.165) is 16.9 Å². The molecular formula is C12H13N7. The minimum atomic E-state index is 0.606. The van der Waals surface area contributed by atoms with Crippen LogP contribution in [0.5, 0.6) is 0 Å². The molecule has 0 unspecified atom stereocenters. The molecule has 0 aliphatic carbocycles. The predicted octanol–water partition coefficient (Wildman–Crippen LogP) is 0.953. The second kappa shape index (κ2) is 4.20. The molecule has 2 aromatic heterocycles. The highest BCUT2D eigenvalue weighted by Crippen LogP contribution is 2.25. The zero-order valence-corrected chi connectivity index (χ0v) is 10.6. The Labute approximate surface area is 109 Å². The molecule has 1 aromatic carbocycles. The number of aryl methyl sites for hydroxylation is 2. The minimum Gasteiger partial charge on any atom is -0.398 e. The van der Waals surface area contributed by atoms with Crippen LogP contribution >= 0.6 is 0 Å². The van der Waals surface area contributed by atoms with Gasteiger partial charge in [-0.05, 0) is 29.5 Å². The molecule has 2 heterocycles. The molecular weight excluding hydrogens is 242 g/mol. The lowest BCUT2D eigenvalue weighted by molar-refractivity contribution is 0.755. The fraction of sp³-hybridized carbons (Fsp3) is 0.167. The first-order valence-corrected chi connectivity index (χ1v) is 5.80. The van der Waals surface area contributed by atoms with Crippen LogP contribution in [0.25, 0.3) is 17.1 Å². The predicted molar refractivity (Wildman–Crippen MR) is 70.5 cm³/mol. The molecule has 19 heavy (non-hydrogen) atoms. The molecule has 0 saturated carbocycles. The number of tetrazole rings is 1. The van der Waals surface area contributed by atoms with Crippen molar-refractivity contribution in [3.05, 3.63) is 36.2 Å². The smallest absolute Gasteiger partial charge is 0.189 e. The maximum Gasteiger partial charge on any atom is 0.189 e. The van der Waals surface area contributed by atoms with E-state index in [9.17, 15) is 0 Å². The number of hydrogen-bond acceptors (Lipinski definition) is 5. The van der Waals surface area contributed by atoms with Gasteiger partial charge in [0.1, 0.15) is 5.69 Å². The third-order valence-electron chi connectivity index (χ3n) is 2.89. The van der Waals surface area contributed by atoms with Crippen LogP contribution in [-0.2, 0) is 7.05 Å². The van der Waals surface area contributed by atoms with E-state index < -0.39 is 0 Å². The molecule has 0 radical (unpaired) electrons. The number of anilines is 1. The first-order chi connectivity index (χ1) is 9.16. The molecule has 3 aromatic rings. The molecule has 2 N–H and O–H groups in total. The monoisotopic (exact) mass is 255 g/mol. The molecule has 0 fully saturated rings. The normalized spacial score (nSPS) is 10.8. The summed E-state index contributed by atoms with van der Waals surface area (Å²) in [5.41, 5.74) is 9.10. The topological polar surface area (TPSA) is 87.4 Å². The summed E-state index contributed by atoms with van der Waals surface area (Å²) in [7, 11) is 1.86. The molecule has 0 bridgehead atoms. The Balaban J connectivity index is 2.19. The average Bonchev–Trinajstić information content (AvgIpc) is 2.96. The van der Waals surface area contributed by atoms with Crippen molar-refractivity contribution in [2.24, 2.45) is 7.05 Å². The molecule has 0 spiro atoms. The maximum absolute atomic E-state index is 5.97. The van der Waals surface area contributed by atoms with E-state index >= 15 is 0 Å². The van der Waals surface area contributed by atoms with Crippen LogP contribution in [0.1, 0.15) is 5.69 Å². The molecule has 7 nitrogen and oxygen atoms in total. The van der Waals surface area contributed by atoms with E-state index in [1.807, 2.05) is 44.4 Å². The lowest BCUT2D eigenvalue weighted by Gasteiger charge is -2.05. The van der Waals surface area contributed by atoms with Gasteiger partial charge in [-0.25, -0.2) is 0 Å². The molecule has 0 atom stereocenters. The second-order valence-corrected chi connectivity index (χ2v) is 4.27. The van der Waals surface area contributed by atoms with Crippen molar-refractivity contribution < 1.29 is 0 Å². The van der Waals surface area contributed by atoms with Crippen LogP contribution in [0.4, 0.5) is 5.69 Å². The molecule has 96 valence electrons. The van der Waals surface area contributed by atoms with E-state index in [2.05, 4.69) is 20.6 Å². The Morgan fingerprint density at radius 2 is 2.00 bits per heavy atom. The van der Waals surface area contributed by atoms with Gasteiger partial charge in [0.25, 0.3) is 0 Å². The first kappa shape index (κ1) is 11.4. The summed E-state index contributed by atoms with van der Waals surface area (Å²) in [4.78, 5) is 0. The first-order valence-electron chi connectivity index (χ1n) is 5.80. The Hall–Kier alpha value is -2.70. The van der Waals surface area contributed by atoms with Gasteiger partial charge in [0, 0.05) is 18.3 Å². The van der Waals surface area contributed by atoms with Crippen LogP contribution in [0.2, 0.25) is 0 Å². The summed E-state index contributed by atoms with van der Waals surface area (Å²) in [5, 5.41) is 16.1. The van der Waals surface area contributed by atoms with Crippen molar-refractivity contribution in [1.29, 1.82) is 0 Å². The molecule has 0 saturated heterocycles. The van der Waals surface area contributed by atoms with E-state index in [1.165, 1.54) is 0 Å². The van der Waals surface area contributed by atoms with Crippen molar-refractivity contribution >= 4 is 5.69 Å². The van der Waals surface area contributed by atoms with Gasteiger partial charge in [0.15, 0.2) is 5.82 Å². The number of para-hydroxylation sites is 1. The lowest BCUT2D eigenvalue weighted by atomic mass is 10.1. The Morgan fingerprint density at radius 3 is 2.68 bits per heavy atom. The Morgan fingerprint density at radius 1 is 1.21 bits per heavy atom. The zero-order chi connectivity index (χ0) is 13.4. The summed E-state index contributed by atoms with van der Waals surface area (Å²) in [6.07, 6.45) is 1.87. The van der Waals surface area contributed by atoms with Crippen LogP contribution in [0.15, 0.2) is 30.5 Å². The Kier molecular flexibility index (Phi) is 2.52. The van der Waals surface area contributed by atoms with Crippen molar-refractivity contribution in [1.82, 2.24) is 30.0 Å². The molecule has 0 amide bonds. The number of aromatic nitrogens is 6. The fourth-order valence-electron chi connectivity index (χ4n) is 2.01. The number of nitrogens with two attached hydrogens (primary N) is 1. The van der Waals surface area contributed by atoms with Crippen molar-refractivity contribution in [3.63, 3.8) is 0 Å². The van der Waals surface area contributed by atoms with Crippen LogP contribution in [0, 0.1) is 6.92 Å². The molecule has 0 aliphatic rings. The summed E-state index contributed by atoms with van der Waals surface area (Å²) in [6.45, 7) is 1.91. The molecule has 7 heteroatoms. The fourth-order valence-corrected chi connectivity index (χ4v) is 2.01. The minimum absolute atomic E-state index is 0.606. The largest absolute Gasteiger partial charge is 0.398 e. The quantitative estimate of drug-likeness (QED) is 0.689. The van der Waals surface area contributed by atoms with E-state index in [4.69, 9.17) is 5.73 Å². The molecule has 0 aliphatic heterocycles. The zero-order valence-electron chi connectivity index (χ0n) is 10.6. The maximum atomic E-state index is 5.97. The van der Waals surface area contributed by atoms with Gasteiger partial charge in [0.05, 0.1) is 11.9 Å². The van der Waals surface area contributed by atoms with Crippen LogP contribution in [0.3, 0.4) is 0 Å². The molecule has 3 rings (SSSR count). The second-order valence-electron chi connectivity index (χ2n) is 4.27. The number of nitrogen functional groups attached to an aromatic ring is 1. The van der Waals surface area contributed by atoms with Crippen LogP contribution < -0.4 is 5.73 Å². The van der Waals surface area contributed by atoms with Gasteiger partial charge in [-0.1, -0.05) is 12.1 Å². The number of nitrogens with zero attached hydrogens (tertiary/aromatic N) is 6. The van der Waals surface area contributed by atoms with Gasteiger partial charge in [-0.2, -0.15) is 9.78 Å². The summed E-state index contributed by atoms with van der Waals surface area (Å²) in [6, 6.07) is 7.50. The van der Waals surface area contributed by atoms with Crippen molar-refractivity contribution in [2.75, 3.05) is 5.73 Å². The van der Waals surface area contributed by atoms with Crippen molar-refractivity contribution in [3.8, 4) is 17.1 Å². The van der Waals surface area contributed by atoms with E-state index in [0.29, 0.717) is 11.5 Å². The van der Waals surface area contributed by atoms with E-state index in [-0.39, 0.29) is 0 Å². The summed E-state index contributed by atoms with van der Waals surface area (Å²) in [5.74, 6) is 0.606. The lowest BCUT2D eigenvalue weighted by Crippen LogP contribution is -2.02. The summed E-state index contributed by atoms with van der Waals surface area (Å²) < 4.78 is 3.37. The average molecular weight is 255 g/mol. The van der Waals surface area contributed by atoms with Gasteiger partial charge in [-0.3, -0.25) is 4.68 Å². The van der Waals surface area contributed by atoms with E-state index in [1.54, 1.807) is 9.36 Å². The number of rotatable bonds is 2. The highest BCUT2D eigenvalue weighted by Gasteiger charge is 2.16. The van der Waals surface area contributed by atoms with Gasteiger partial charge in [-0.15, -0.1) is 5.10 Å².